The standard InChI is InChI=1S/C10H22N2/c1-4-7-9(5-2)10(11)8-12-6-3/h12H,4-8,11H2,1-3H3/b10-9+. The number of hydrogen-bond acceptors (Lipinski definition) is 2. The molecule has 72 valence electrons. The molecule has 0 saturated carbocycles. The second kappa shape index (κ2) is 7.17. The van der Waals surface area contributed by atoms with Crippen molar-refractivity contribution in [3.8, 4) is 0 Å². The fourth-order valence-corrected chi connectivity index (χ4v) is 1.25. The van der Waals surface area contributed by atoms with Crippen LogP contribution in [-0.2, 0) is 0 Å². The van der Waals surface area contributed by atoms with Gasteiger partial charge in [-0.05, 0) is 19.4 Å². The van der Waals surface area contributed by atoms with Crippen molar-refractivity contribution in [2.45, 2.75) is 40.0 Å². The summed E-state index contributed by atoms with van der Waals surface area (Å²) in [5, 5.41) is 3.24. The predicted molar refractivity (Wildman–Crippen MR) is 55.0 cm³/mol. The Morgan fingerprint density at radius 3 is 2.33 bits per heavy atom. The molecule has 0 aromatic carbocycles. The van der Waals surface area contributed by atoms with Crippen molar-refractivity contribution in [3.05, 3.63) is 11.3 Å². The lowest BCUT2D eigenvalue weighted by atomic mass is 10.1. The first kappa shape index (κ1) is 11.5. The third-order valence-corrected chi connectivity index (χ3v) is 2.00. The van der Waals surface area contributed by atoms with Crippen LogP contribution in [0.3, 0.4) is 0 Å². The normalized spacial score (nSPS) is 12.9. The van der Waals surface area contributed by atoms with E-state index in [9.17, 15) is 0 Å². The molecule has 0 radical (unpaired) electrons. The zero-order valence-electron chi connectivity index (χ0n) is 8.61. The van der Waals surface area contributed by atoms with Crippen molar-refractivity contribution >= 4 is 0 Å². The lowest BCUT2D eigenvalue weighted by molar-refractivity contribution is 0.743. The third-order valence-electron chi connectivity index (χ3n) is 2.00. The number of likely N-dealkylation sites (N-methyl/N-ethyl adjacent to an activating group) is 1. The molecule has 2 nitrogen and oxygen atoms in total. The van der Waals surface area contributed by atoms with Crippen LogP contribution < -0.4 is 11.1 Å². The summed E-state index contributed by atoms with van der Waals surface area (Å²) in [5.74, 6) is 0. The van der Waals surface area contributed by atoms with Gasteiger partial charge in [-0.1, -0.05) is 32.8 Å². The highest BCUT2D eigenvalue weighted by atomic mass is 14.9. The van der Waals surface area contributed by atoms with Crippen LogP contribution in [0.1, 0.15) is 40.0 Å². The van der Waals surface area contributed by atoms with Gasteiger partial charge in [0.2, 0.25) is 0 Å². The zero-order valence-corrected chi connectivity index (χ0v) is 8.61. The molecule has 0 atom stereocenters. The summed E-state index contributed by atoms with van der Waals surface area (Å²) in [6.45, 7) is 8.29. The van der Waals surface area contributed by atoms with Crippen LogP contribution in [0, 0.1) is 0 Å². The second-order valence-electron chi connectivity index (χ2n) is 3.01. The molecule has 3 N–H and O–H groups in total. The minimum Gasteiger partial charge on any atom is -0.401 e. The molecule has 0 aliphatic carbocycles. The minimum absolute atomic E-state index is 0.847. The van der Waals surface area contributed by atoms with Crippen LogP contribution in [0.4, 0.5) is 0 Å². The maximum absolute atomic E-state index is 5.92. The Kier molecular flexibility index (Phi) is 6.87. The summed E-state index contributed by atoms with van der Waals surface area (Å²) in [5.41, 5.74) is 8.38. The van der Waals surface area contributed by atoms with Crippen LogP contribution in [-0.4, -0.2) is 13.1 Å². The van der Waals surface area contributed by atoms with Crippen molar-refractivity contribution in [1.29, 1.82) is 0 Å². The average Bonchev–Trinajstić information content (AvgIpc) is 2.10. The van der Waals surface area contributed by atoms with Crippen molar-refractivity contribution in [2.75, 3.05) is 13.1 Å². The quantitative estimate of drug-likeness (QED) is 0.640. The Bertz CT molecular complexity index is 139. The Morgan fingerprint density at radius 1 is 1.25 bits per heavy atom. The minimum atomic E-state index is 0.847. The molecular weight excluding hydrogens is 148 g/mol. The van der Waals surface area contributed by atoms with E-state index in [0.29, 0.717) is 0 Å². The highest BCUT2D eigenvalue weighted by Gasteiger charge is 1.99. The molecule has 0 fully saturated rings. The number of hydrogen-bond donors (Lipinski definition) is 2. The first-order valence-corrected chi connectivity index (χ1v) is 4.93. The van der Waals surface area contributed by atoms with Crippen LogP contribution >= 0.6 is 0 Å². The van der Waals surface area contributed by atoms with Crippen LogP contribution in [0.15, 0.2) is 11.3 Å². The smallest absolute Gasteiger partial charge is 0.0351 e. The summed E-state index contributed by atoms with van der Waals surface area (Å²) in [6, 6.07) is 0. The maximum atomic E-state index is 5.92. The summed E-state index contributed by atoms with van der Waals surface area (Å²) < 4.78 is 0. The molecule has 2 heteroatoms. The number of nitrogens with two attached hydrogens (primary N) is 1. The molecule has 0 saturated heterocycles. The Labute approximate surface area is 76.2 Å². The van der Waals surface area contributed by atoms with Crippen molar-refractivity contribution in [2.24, 2.45) is 5.73 Å². The van der Waals surface area contributed by atoms with E-state index in [-0.39, 0.29) is 0 Å². The van der Waals surface area contributed by atoms with E-state index in [0.717, 1.165) is 31.6 Å². The van der Waals surface area contributed by atoms with Gasteiger partial charge in [-0.15, -0.1) is 0 Å². The van der Waals surface area contributed by atoms with Gasteiger partial charge in [-0.2, -0.15) is 0 Å². The first-order valence-electron chi connectivity index (χ1n) is 4.93. The Balaban J connectivity index is 3.97. The van der Waals surface area contributed by atoms with Crippen molar-refractivity contribution in [3.63, 3.8) is 0 Å². The summed E-state index contributed by atoms with van der Waals surface area (Å²) in [7, 11) is 0. The van der Waals surface area contributed by atoms with E-state index in [1.54, 1.807) is 0 Å². The van der Waals surface area contributed by atoms with E-state index in [1.165, 1.54) is 12.0 Å². The van der Waals surface area contributed by atoms with E-state index < -0.39 is 0 Å². The van der Waals surface area contributed by atoms with Gasteiger partial charge in [0.25, 0.3) is 0 Å². The van der Waals surface area contributed by atoms with E-state index in [1.807, 2.05) is 0 Å². The number of allylic oxidation sites excluding steroid dienone is 1. The molecule has 0 bridgehead atoms. The fourth-order valence-electron chi connectivity index (χ4n) is 1.25. The average molecular weight is 170 g/mol. The number of rotatable bonds is 6. The molecule has 0 rings (SSSR count). The molecule has 0 unspecified atom stereocenters. The summed E-state index contributed by atoms with van der Waals surface area (Å²) >= 11 is 0. The van der Waals surface area contributed by atoms with Crippen LogP contribution in [0.25, 0.3) is 0 Å². The molecule has 0 amide bonds. The van der Waals surface area contributed by atoms with Gasteiger partial charge in [-0.25, -0.2) is 0 Å². The van der Waals surface area contributed by atoms with E-state index in [2.05, 4.69) is 26.1 Å². The Morgan fingerprint density at radius 2 is 1.92 bits per heavy atom. The van der Waals surface area contributed by atoms with Crippen LogP contribution in [0.5, 0.6) is 0 Å². The highest BCUT2D eigenvalue weighted by molar-refractivity contribution is 5.11. The topological polar surface area (TPSA) is 38.0 Å². The monoisotopic (exact) mass is 170 g/mol. The van der Waals surface area contributed by atoms with E-state index in [4.69, 9.17) is 5.73 Å². The summed E-state index contributed by atoms with van der Waals surface area (Å²) in [6.07, 6.45) is 3.43. The lowest BCUT2D eigenvalue weighted by Crippen LogP contribution is -2.21. The number of nitrogens with one attached hydrogen (secondary N) is 1. The van der Waals surface area contributed by atoms with Gasteiger partial charge in [0.05, 0.1) is 0 Å². The van der Waals surface area contributed by atoms with E-state index >= 15 is 0 Å². The molecule has 0 aliphatic heterocycles. The van der Waals surface area contributed by atoms with Gasteiger partial charge in [0, 0.05) is 12.2 Å². The van der Waals surface area contributed by atoms with Gasteiger partial charge in [0.15, 0.2) is 0 Å². The SMILES string of the molecule is CCC/C(CC)=C(/N)CNCC. The van der Waals surface area contributed by atoms with Gasteiger partial charge in [-0.3, -0.25) is 0 Å². The third kappa shape index (κ3) is 4.39. The molecule has 0 aromatic rings. The van der Waals surface area contributed by atoms with Crippen molar-refractivity contribution in [1.82, 2.24) is 5.32 Å². The van der Waals surface area contributed by atoms with Gasteiger partial charge < -0.3 is 11.1 Å². The summed E-state index contributed by atoms with van der Waals surface area (Å²) in [4.78, 5) is 0. The molecule has 0 spiro atoms. The van der Waals surface area contributed by atoms with Crippen molar-refractivity contribution < 1.29 is 0 Å². The Hall–Kier alpha value is -0.500. The highest BCUT2D eigenvalue weighted by Crippen LogP contribution is 2.10. The molecule has 0 aliphatic rings. The first-order chi connectivity index (χ1) is 5.76. The zero-order chi connectivity index (χ0) is 9.40. The largest absolute Gasteiger partial charge is 0.401 e. The van der Waals surface area contributed by atoms with Gasteiger partial charge >= 0.3 is 0 Å². The predicted octanol–water partition coefficient (Wildman–Crippen LogP) is 2.02. The molecule has 0 aromatic heterocycles. The molecule has 0 heterocycles. The maximum Gasteiger partial charge on any atom is 0.0351 e. The molecule has 12 heavy (non-hydrogen) atoms. The fraction of sp³-hybridized carbons (Fsp3) is 0.800. The molecular formula is C10H22N2. The second-order valence-corrected chi connectivity index (χ2v) is 3.01. The van der Waals surface area contributed by atoms with Gasteiger partial charge in [0.1, 0.15) is 0 Å². The van der Waals surface area contributed by atoms with Crippen LogP contribution in [0.2, 0.25) is 0 Å². The lowest BCUT2D eigenvalue weighted by Gasteiger charge is -2.09.